The molecule has 1 heterocycles. The Balaban J connectivity index is 1.96. The first-order valence-corrected chi connectivity index (χ1v) is 7.58. The van der Waals surface area contributed by atoms with Crippen LogP contribution in [0.4, 0.5) is 0 Å². The number of benzene rings is 3. The summed E-state index contributed by atoms with van der Waals surface area (Å²) in [5, 5.41) is 27.1. The SMILES string of the molecule is CCn1nc(-c2ccc3cc(O)ccc3c2)c2ccc(O)cc21. The number of phenols is 2. The van der Waals surface area contributed by atoms with E-state index in [0.717, 1.165) is 39.5 Å². The molecule has 0 bridgehead atoms. The molecule has 0 aliphatic heterocycles. The average molecular weight is 304 g/mol. The Morgan fingerprint density at radius 3 is 2.39 bits per heavy atom. The van der Waals surface area contributed by atoms with E-state index in [1.165, 1.54) is 0 Å². The summed E-state index contributed by atoms with van der Waals surface area (Å²) < 4.78 is 1.89. The van der Waals surface area contributed by atoms with E-state index in [2.05, 4.69) is 6.07 Å². The highest BCUT2D eigenvalue weighted by atomic mass is 16.3. The van der Waals surface area contributed by atoms with Gasteiger partial charge in [0.1, 0.15) is 17.2 Å². The average Bonchev–Trinajstić information content (AvgIpc) is 2.92. The van der Waals surface area contributed by atoms with Gasteiger partial charge in [-0.2, -0.15) is 5.10 Å². The van der Waals surface area contributed by atoms with Gasteiger partial charge in [-0.05, 0) is 48.0 Å². The maximum Gasteiger partial charge on any atom is 0.117 e. The zero-order valence-electron chi connectivity index (χ0n) is 12.7. The molecule has 4 heteroatoms. The Morgan fingerprint density at radius 2 is 1.57 bits per heavy atom. The second kappa shape index (κ2) is 5.02. The highest BCUT2D eigenvalue weighted by Crippen LogP contribution is 2.32. The predicted molar refractivity (Wildman–Crippen MR) is 91.7 cm³/mol. The zero-order valence-corrected chi connectivity index (χ0v) is 12.7. The van der Waals surface area contributed by atoms with Gasteiger partial charge in [0.2, 0.25) is 0 Å². The molecule has 1 aromatic heterocycles. The molecule has 114 valence electrons. The molecule has 0 fully saturated rings. The number of hydrogen-bond acceptors (Lipinski definition) is 3. The summed E-state index contributed by atoms with van der Waals surface area (Å²) in [7, 11) is 0. The van der Waals surface area contributed by atoms with E-state index in [4.69, 9.17) is 5.10 Å². The topological polar surface area (TPSA) is 58.3 Å². The Morgan fingerprint density at radius 1 is 0.870 bits per heavy atom. The van der Waals surface area contributed by atoms with Gasteiger partial charge in [-0.25, -0.2) is 0 Å². The predicted octanol–water partition coefficient (Wildman–Crippen LogP) is 4.29. The summed E-state index contributed by atoms with van der Waals surface area (Å²) in [6, 6.07) is 16.7. The molecule has 0 amide bonds. The van der Waals surface area contributed by atoms with Gasteiger partial charge in [0.05, 0.1) is 5.52 Å². The molecule has 0 unspecified atom stereocenters. The highest BCUT2D eigenvalue weighted by molar-refractivity contribution is 5.97. The van der Waals surface area contributed by atoms with Crippen LogP contribution in [0, 0.1) is 0 Å². The number of aryl methyl sites for hydroxylation is 1. The minimum Gasteiger partial charge on any atom is -0.508 e. The van der Waals surface area contributed by atoms with Crippen molar-refractivity contribution in [3.05, 3.63) is 54.6 Å². The van der Waals surface area contributed by atoms with Crippen LogP contribution in [0.1, 0.15) is 6.92 Å². The summed E-state index contributed by atoms with van der Waals surface area (Å²) in [6.07, 6.45) is 0. The van der Waals surface area contributed by atoms with E-state index in [9.17, 15) is 10.2 Å². The molecule has 4 aromatic rings. The van der Waals surface area contributed by atoms with E-state index in [0.29, 0.717) is 0 Å². The molecule has 2 N–H and O–H groups in total. The molecule has 0 aliphatic carbocycles. The number of fused-ring (bicyclic) bond motifs is 2. The van der Waals surface area contributed by atoms with Crippen LogP contribution in [0.15, 0.2) is 54.6 Å². The van der Waals surface area contributed by atoms with Gasteiger partial charge >= 0.3 is 0 Å². The van der Waals surface area contributed by atoms with Crippen molar-refractivity contribution in [2.75, 3.05) is 0 Å². The van der Waals surface area contributed by atoms with Gasteiger partial charge in [0.15, 0.2) is 0 Å². The van der Waals surface area contributed by atoms with E-state index in [1.54, 1.807) is 24.3 Å². The van der Waals surface area contributed by atoms with Crippen LogP contribution >= 0.6 is 0 Å². The molecule has 0 saturated heterocycles. The molecule has 3 aromatic carbocycles. The third-order valence-corrected chi connectivity index (χ3v) is 4.13. The fourth-order valence-corrected chi connectivity index (χ4v) is 3.00. The van der Waals surface area contributed by atoms with Crippen LogP contribution in [0.2, 0.25) is 0 Å². The molecule has 23 heavy (non-hydrogen) atoms. The molecule has 0 radical (unpaired) electrons. The highest BCUT2D eigenvalue weighted by Gasteiger charge is 2.12. The van der Waals surface area contributed by atoms with E-state index in [1.807, 2.05) is 35.9 Å². The van der Waals surface area contributed by atoms with Gasteiger partial charge in [-0.1, -0.05) is 18.2 Å². The fraction of sp³-hybridized carbons (Fsp3) is 0.105. The summed E-state index contributed by atoms with van der Waals surface area (Å²) in [5.74, 6) is 0.508. The quantitative estimate of drug-likeness (QED) is 0.581. The Hall–Kier alpha value is -3.01. The maximum absolute atomic E-state index is 9.73. The number of rotatable bonds is 2. The number of aromatic nitrogens is 2. The molecule has 0 spiro atoms. The lowest BCUT2D eigenvalue weighted by molar-refractivity contribution is 0.475. The van der Waals surface area contributed by atoms with Crippen LogP contribution in [-0.2, 0) is 6.54 Å². The van der Waals surface area contributed by atoms with E-state index >= 15 is 0 Å². The first-order valence-electron chi connectivity index (χ1n) is 7.58. The zero-order chi connectivity index (χ0) is 16.0. The van der Waals surface area contributed by atoms with Crippen molar-refractivity contribution >= 4 is 21.7 Å². The first-order chi connectivity index (χ1) is 11.2. The van der Waals surface area contributed by atoms with Crippen LogP contribution in [-0.4, -0.2) is 20.0 Å². The maximum atomic E-state index is 9.73. The van der Waals surface area contributed by atoms with Crippen molar-refractivity contribution in [2.45, 2.75) is 13.5 Å². The van der Waals surface area contributed by atoms with Gasteiger partial charge in [0.25, 0.3) is 0 Å². The van der Waals surface area contributed by atoms with Crippen molar-refractivity contribution in [1.29, 1.82) is 0 Å². The molecule has 0 saturated carbocycles. The van der Waals surface area contributed by atoms with Crippen LogP contribution in [0.3, 0.4) is 0 Å². The minimum absolute atomic E-state index is 0.243. The largest absolute Gasteiger partial charge is 0.508 e. The van der Waals surface area contributed by atoms with Gasteiger partial charge < -0.3 is 10.2 Å². The van der Waals surface area contributed by atoms with Crippen molar-refractivity contribution in [3.8, 4) is 22.8 Å². The van der Waals surface area contributed by atoms with Crippen LogP contribution in [0.25, 0.3) is 32.9 Å². The fourth-order valence-electron chi connectivity index (χ4n) is 3.00. The number of nitrogens with zero attached hydrogens (tertiary/aromatic N) is 2. The normalized spacial score (nSPS) is 11.3. The first kappa shape index (κ1) is 13.6. The number of hydrogen-bond donors (Lipinski definition) is 2. The van der Waals surface area contributed by atoms with Crippen molar-refractivity contribution in [1.82, 2.24) is 9.78 Å². The van der Waals surface area contributed by atoms with Crippen molar-refractivity contribution in [3.63, 3.8) is 0 Å². The van der Waals surface area contributed by atoms with Crippen LogP contribution in [0.5, 0.6) is 11.5 Å². The van der Waals surface area contributed by atoms with Gasteiger partial charge in [-0.15, -0.1) is 0 Å². The van der Waals surface area contributed by atoms with Crippen LogP contribution < -0.4 is 0 Å². The smallest absolute Gasteiger partial charge is 0.117 e. The number of phenolic OH excluding ortho intramolecular Hbond substituents is 2. The van der Waals surface area contributed by atoms with Gasteiger partial charge in [0, 0.05) is 23.6 Å². The monoisotopic (exact) mass is 304 g/mol. The summed E-state index contributed by atoms with van der Waals surface area (Å²) >= 11 is 0. The van der Waals surface area contributed by atoms with E-state index in [-0.39, 0.29) is 11.5 Å². The Bertz CT molecular complexity index is 1030. The summed E-state index contributed by atoms with van der Waals surface area (Å²) in [6.45, 7) is 2.77. The Kier molecular flexibility index (Phi) is 2.98. The van der Waals surface area contributed by atoms with Crippen molar-refractivity contribution in [2.24, 2.45) is 0 Å². The molecular formula is C19H16N2O2. The molecule has 4 rings (SSSR count). The molecular weight excluding hydrogens is 288 g/mol. The second-order valence-corrected chi connectivity index (χ2v) is 5.61. The third-order valence-electron chi connectivity index (χ3n) is 4.13. The van der Waals surface area contributed by atoms with Gasteiger partial charge in [-0.3, -0.25) is 4.68 Å². The third kappa shape index (κ3) is 2.19. The number of aromatic hydroxyl groups is 2. The van der Waals surface area contributed by atoms with Crippen molar-refractivity contribution < 1.29 is 10.2 Å². The standard InChI is InChI=1S/C19H16N2O2/c1-2-21-18-11-16(23)7-8-17(18)19(20-21)14-4-3-13-10-15(22)6-5-12(13)9-14/h3-11,22-23H,2H2,1H3. The van der Waals surface area contributed by atoms with E-state index < -0.39 is 0 Å². The summed E-state index contributed by atoms with van der Waals surface area (Å²) in [5.41, 5.74) is 2.84. The Labute approximate surface area is 133 Å². The second-order valence-electron chi connectivity index (χ2n) is 5.61. The lowest BCUT2D eigenvalue weighted by Gasteiger charge is -2.03. The minimum atomic E-state index is 0.243. The summed E-state index contributed by atoms with van der Waals surface area (Å²) in [4.78, 5) is 0. The molecule has 4 nitrogen and oxygen atoms in total. The lowest BCUT2D eigenvalue weighted by Crippen LogP contribution is -1.95. The lowest BCUT2D eigenvalue weighted by atomic mass is 10.0. The molecule has 0 aliphatic rings. The molecule has 0 atom stereocenters.